The number of rotatable bonds is 2. The first kappa shape index (κ1) is 20.9. The predicted molar refractivity (Wildman–Crippen MR) is 113 cm³/mol. The number of methoxy groups -OCH3 is 1. The van der Waals surface area contributed by atoms with Crippen molar-refractivity contribution >= 4 is 46.4 Å². The van der Waals surface area contributed by atoms with Crippen LogP contribution in [0.2, 0.25) is 0 Å². The topological polar surface area (TPSA) is 128 Å². The van der Waals surface area contributed by atoms with Gasteiger partial charge in [-0.05, 0) is 24.3 Å². The van der Waals surface area contributed by atoms with Crippen LogP contribution in [0.15, 0.2) is 36.4 Å². The second-order valence-electron chi connectivity index (χ2n) is 7.89. The predicted octanol–water partition coefficient (Wildman–Crippen LogP) is 1.70. The minimum Gasteiger partial charge on any atom is -0.468 e. The lowest BCUT2D eigenvalue weighted by Gasteiger charge is -2.39. The van der Waals surface area contributed by atoms with Crippen molar-refractivity contribution in [2.45, 2.75) is 11.5 Å². The molecule has 3 atom stereocenters. The molecule has 3 aliphatic heterocycles. The van der Waals surface area contributed by atoms with E-state index in [-0.39, 0.29) is 27.6 Å². The van der Waals surface area contributed by atoms with Gasteiger partial charge in [0.2, 0.25) is 5.41 Å². The van der Waals surface area contributed by atoms with E-state index in [9.17, 15) is 28.9 Å². The highest BCUT2D eigenvalue weighted by atomic mass is 32.1. The minimum absolute atomic E-state index is 0.0143. The zero-order valence-electron chi connectivity index (χ0n) is 17.1. The van der Waals surface area contributed by atoms with Crippen molar-refractivity contribution < 1.29 is 33.2 Å². The van der Waals surface area contributed by atoms with E-state index in [2.05, 4.69) is 5.32 Å². The number of benzene rings is 2. The van der Waals surface area contributed by atoms with Crippen molar-refractivity contribution in [1.82, 2.24) is 5.32 Å². The van der Waals surface area contributed by atoms with Gasteiger partial charge in [0.05, 0.1) is 18.0 Å². The monoisotopic (exact) mass is 471 g/mol. The molecule has 12 heteroatoms. The molecule has 10 nitrogen and oxygen atoms in total. The SMILES string of the molecule is COC(=O)[C@]12C(=O)Oc3ccc([N+](=O)[O-])cc3[C@H]1[C@]1(NC2=S)C(=O)N(C)c2ccc(F)cc21. The summed E-state index contributed by atoms with van der Waals surface area (Å²) in [4.78, 5) is 51.9. The Bertz CT molecular complexity index is 1330. The zero-order chi connectivity index (χ0) is 23.9. The molecule has 0 aliphatic carbocycles. The third-order valence-electron chi connectivity index (χ3n) is 6.47. The van der Waals surface area contributed by atoms with Crippen LogP contribution in [0.4, 0.5) is 15.8 Å². The van der Waals surface area contributed by atoms with E-state index in [1.807, 2.05) is 0 Å². The van der Waals surface area contributed by atoms with Crippen molar-refractivity contribution in [3.05, 3.63) is 63.5 Å². The molecule has 1 fully saturated rings. The fourth-order valence-electron chi connectivity index (χ4n) is 5.09. The van der Waals surface area contributed by atoms with Gasteiger partial charge in [0, 0.05) is 36.0 Å². The summed E-state index contributed by atoms with van der Waals surface area (Å²) in [5, 5.41) is 14.3. The number of ether oxygens (including phenoxy) is 2. The fraction of sp³-hybridized carbons (Fsp3) is 0.238. The Labute approximate surface area is 190 Å². The molecule has 2 aromatic carbocycles. The van der Waals surface area contributed by atoms with Crippen molar-refractivity contribution in [2.75, 3.05) is 19.1 Å². The Morgan fingerprint density at radius 1 is 1.30 bits per heavy atom. The van der Waals surface area contributed by atoms with E-state index in [0.717, 1.165) is 31.4 Å². The number of hydrogen-bond donors (Lipinski definition) is 1. The van der Waals surface area contributed by atoms with Crippen LogP contribution in [-0.2, 0) is 24.7 Å². The molecule has 33 heavy (non-hydrogen) atoms. The van der Waals surface area contributed by atoms with Gasteiger partial charge in [0.1, 0.15) is 16.6 Å². The van der Waals surface area contributed by atoms with Crippen molar-refractivity contribution in [2.24, 2.45) is 5.41 Å². The number of anilines is 1. The summed E-state index contributed by atoms with van der Waals surface area (Å²) in [6.07, 6.45) is 0. The molecular weight excluding hydrogens is 457 g/mol. The van der Waals surface area contributed by atoms with Gasteiger partial charge in [0.15, 0.2) is 5.54 Å². The lowest BCUT2D eigenvalue weighted by atomic mass is 9.63. The summed E-state index contributed by atoms with van der Waals surface area (Å²) >= 11 is 5.41. The highest BCUT2D eigenvalue weighted by Gasteiger charge is 2.77. The number of nitro benzene ring substituents is 1. The number of esters is 2. The van der Waals surface area contributed by atoms with Gasteiger partial charge in [0.25, 0.3) is 11.6 Å². The number of halogens is 1. The summed E-state index contributed by atoms with van der Waals surface area (Å²) in [6, 6.07) is 7.10. The highest BCUT2D eigenvalue weighted by Crippen LogP contribution is 2.63. The standard InChI is InChI=1S/C21H14FN3O7S/c1-24-13-5-3-9(22)7-12(13)21(17(24)26)15-11-8-10(25(29)30)4-6-14(11)32-19(28)20(15,16(33)23-21)18(27)31-2/h3-8,15H,1-2H3,(H,23,33)/t15-,20+,21+/m1/s1. The number of carbonyl (C=O) groups excluding carboxylic acids is 3. The lowest BCUT2D eigenvalue weighted by molar-refractivity contribution is -0.385. The van der Waals surface area contributed by atoms with Crippen molar-refractivity contribution in [3.8, 4) is 5.75 Å². The van der Waals surface area contributed by atoms with E-state index in [1.54, 1.807) is 0 Å². The molecular formula is C21H14FN3O7S. The lowest BCUT2D eigenvalue weighted by Crippen LogP contribution is -2.55. The van der Waals surface area contributed by atoms with Crippen molar-refractivity contribution in [1.29, 1.82) is 0 Å². The number of nitro groups is 1. The van der Waals surface area contributed by atoms with Gasteiger partial charge < -0.3 is 19.7 Å². The quantitative estimate of drug-likeness (QED) is 0.174. The largest absolute Gasteiger partial charge is 0.468 e. The van der Waals surface area contributed by atoms with Gasteiger partial charge in [-0.25, -0.2) is 9.18 Å². The first-order chi connectivity index (χ1) is 15.6. The van der Waals surface area contributed by atoms with Gasteiger partial charge >= 0.3 is 11.9 Å². The van der Waals surface area contributed by atoms with Crippen LogP contribution >= 0.6 is 12.2 Å². The maximum absolute atomic E-state index is 14.4. The summed E-state index contributed by atoms with van der Waals surface area (Å²) < 4.78 is 24.6. The fourth-order valence-corrected chi connectivity index (χ4v) is 5.54. The molecule has 0 aromatic heterocycles. The molecule has 1 spiro atoms. The molecule has 1 saturated heterocycles. The van der Waals surface area contributed by atoms with E-state index >= 15 is 0 Å². The first-order valence-electron chi connectivity index (χ1n) is 9.60. The van der Waals surface area contributed by atoms with E-state index < -0.39 is 45.5 Å². The summed E-state index contributed by atoms with van der Waals surface area (Å²) in [5.41, 5.74) is -4.14. The number of nitrogens with one attached hydrogen (secondary N) is 1. The summed E-state index contributed by atoms with van der Waals surface area (Å²) in [7, 11) is 2.49. The number of nitrogens with zero attached hydrogens (tertiary/aromatic N) is 2. The average molecular weight is 471 g/mol. The number of fused-ring (bicyclic) bond motifs is 6. The average Bonchev–Trinajstić information content (AvgIpc) is 3.18. The molecule has 0 radical (unpaired) electrons. The number of non-ortho nitro benzene ring substituents is 1. The Morgan fingerprint density at radius 2 is 2.03 bits per heavy atom. The summed E-state index contributed by atoms with van der Waals surface area (Å²) in [5.74, 6) is -5.04. The van der Waals surface area contributed by atoms with Gasteiger partial charge in [-0.1, -0.05) is 12.2 Å². The van der Waals surface area contributed by atoms with E-state index in [4.69, 9.17) is 21.7 Å². The number of hydrogen-bond acceptors (Lipinski definition) is 8. The van der Waals surface area contributed by atoms with Crippen LogP contribution in [0.1, 0.15) is 17.0 Å². The molecule has 2 aromatic rings. The van der Waals surface area contributed by atoms with Gasteiger partial charge in [-0.3, -0.25) is 19.7 Å². The van der Waals surface area contributed by atoms with Gasteiger partial charge in [-0.15, -0.1) is 0 Å². The molecule has 1 amide bonds. The number of carbonyl (C=O) groups is 3. The molecule has 5 rings (SSSR count). The van der Waals surface area contributed by atoms with Crippen LogP contribution < -0.4 is 15.0 Å². The zero-order valence-corrected chi connectivity index (χ0v) is 17.9. The maximum Gasteiger partial charge on any atom is 0.336 e. The molecule has 168 valence electrons. The maximum atomic E-state index is 14.4. The Balaban J connectivity index is 1.92. The number of likely N-dealkylation sites (N-methyl/N-ethyl adjacent to an activating group) is 1. The Hall–Kier alpha value is -3.93. The Morgan fingerprint density at radius 3 is 2.70 bits per heavy atom. The smallest absolute Gasteiger partial charge is 0.336 e. The molecule has 0 bridgehead atoms. The van der Waals surface area contributed by atoms with E-state index in [0.29, 0.717) is 5.69 Å². The van der Waals surface area contributed by atoms with Crippen molar-refractivity contribution in [3.63, 3.8) is 0 Å². The van der Waals surface area contributed by atoms with E-state index in [1.165, 1.54) is 24.1 Å². The van der Waals surface area contributed by atoms with Gasteiger partial charge in [-0.2, -0.15) is 0 Å². The van der Waals surface area contributed by atoms with Crippen LogP contribution in [0, 0.1) is 21.3 Å². The number of amides is 1. The van der Waals surface area contributed by atoms with Crippen LogP contribution in [-0.4, -0.2) is 41.9 Å². The molecule has 3 heterocycles. The molecule has 3 aliphatic rings. The summed E-state index contributed by atoms with van der Waals surface area (Å²) in [6.45, 7) is 0. The molecule has 0 saturated carbocycles. The third kappa shape index (κ3) is 2.30. The highest BCUT2D eigenvalue weighted by molar-refractivity contribution is 7.80. The minimum atomic E-state index is -2.32. The second-order valence-corrected chi connectivity index (χ2v) is 8.30. The number of thiocarbonyl (C=S) groups is 1. The molecule has 0 unspecified atom stereocenters. The first-order valence-corrected chi connectivity index (χ1v) is 10.0. The third-order valence-corrected chi connectivity index (χ3v) is 6.89. The Kier molecular flexibility index (Phi) is 4.15. The van der Waals surface area contributed by atoms with Crippen LogP contribution in [0.3, 0.4) is 0 Å². The normalized spacial score (nSPS) is 26.9. The molecule has 1 N–H and O–H groups in total. The van der Waals surface area contributed by atoms with Crippen LogP contribution in [0.5, 0.6) is 5.75 Å². The second kappa shape index (κ2) is 6.54. The van der Waals surface area contributed by atoms with Crippen LogP contribution in [0.25, 0.3) is 0 Å².